The quantitative estimate of drug-likeness (QED) is 0.645. The van der Waals surface area contributed by atoms with Crippen LogP contribution in [0.25, 0.3) is 0 Å². The van der Waals surface area contributed by atoms with Gasteiger partial charge in [0.25, 0.3) is 5.56 Å². The largest absolute Gasteiger partial charge is 0.477 e. The van der Waals surface area contributed by atoms with Crippen molar-refractivity contribution in [3.8, 4) is 5.88 Å². The van der Waals surface area contributed by atoms with Gasteiger partial charge in [-0.3, -0.25) is 4.79 Å². The molecule has 0 saturated heterocycles. The Morgan fingerprint density at radius 2 is 2.36 bits per heavy atom. The second kappa shape index (κ2) is 5.97. The number of methoxy groups -OCH3 is 1. The van der Waals surface area contributed by atoms with Crippen LogP contribution in [0.3, 0.4) is 0 Å². The first-order valence-corrected chi connectivity index (χ1v) is 5.18. The van der Waals surface area contributed by atoms with E-state index in [2.05, 4.69) is 9.97 Å². The Bertz CT molecular complexity index is 340. The van der Waals surface area contributed by atoms with Crippen LogP contribution in [0.5, 0.6) is 5.88 Å². The van der Waals surface area contributed by atoms with Gasteiger partial charge in [-0.25, -0.2) is 4.98 Å². The first-order valence-electron chi connectivity index (χ1n) is 4.10. The minimum absolute atomic E-state index is 0.178. The molecule has 0 bridgehead atoms. The Morgan fingerprint density at radius 3 is 3.07 bits per heavy atom. The van der Waals surface area contributed by atoms with Gasteiger partial charge in [0, 0.05) is 20.1 Å². The van der Waals surface area contributed by atoms with Crippen LogP contribution in [0.1, 0.15) is 6.42 Å². The van der Waals surface area contributed by atoms with E-state index in [9.17, 15) is 4.79 Å². The van der Waals surface area contributed by atoms with E-state index in [1.165, 1.54) is 6.33 Å². The molecule has 14 heavy (non-hydrogen) atoms. The van der Waals surface area contributed by atoms with E-state index in [-0.39, 0.29) is 5.56 Å². The molecular weight excluding hydrogens is 299 g/mol. The van der Waals surface area contributed by atoms with E-state index in [4.69, 9.17) is 9.47 Å². The van der Waals surface area contributed by atoms with E-state index >= 15 is 0 Å². The fraction of sp³-hybridized carbons (Fsp3) is 0.500. The molecule has 0 aliphatic carbocycles. The van der Waals surface area contributed by atoms with Gasteiger partial charge in [-0.05, 0) is 22.6 Å². The Hall–Kier alpha value is -0.630. The fourth-order valence-electron chi connectivity index (χ4n) is 0.839. The van der Waals surface area contributed by atoms with Crippen LogP contribution in [-0.2, 0) is 4.74 Å². The number of aromatic nitrogens is 2. The highest BCUT2D eigenvalue weighted by Crippen LogP contribution is 2.11. The number of ether oxygens (including phenoxy) is 2. The van der Waals surface area contributed by atoms with Crippen LogP contribution < -0.4 is 10.3 Å². The molecule has 0 radical (unpaired) electrons. The average Bonchev–Trinajstić information content (AvgIpc) is 2.19. The zero-order chi connectivity index (χ0) is 10.4. The van der Waals surface area contributed by atoms with E-state index < -0.39 is 0 Å². The maximum absolute atomic E-state index is 11.1. The van der Waals surface area contributed by atoms with Crippen molar-refractivity contribution < 1.29 is 9.47 Å². The van der Waals surface area contributed by atoms with Gasteiger partial charge < -0.3 is 14.5 Å². The first-order chi connectivity index (χ1) is 6.75. The van der Waals surface area contributed by atoms with Gasteiger partial charge >= 0.3 is 0 Å². The number of aromatic amines is 1. The molecule has 6 heteroatoms. The van der Waals surface area contributed by atoms with Crippen molar-refractivity contribution >= 4 is 22.6 Å². The maximum atomic E-state index is 11.1. The summed E-state index contributed by atoms with van der Waals surface area (Å²) in [6, 6.07) is 0. The van der Waals surface area contributed by atoms with Gasteiger partial charge in [0.2, 0.25) is 5.88 Å². The predicted octanol–water partition coefficient (Wildman–Crippen LogP) is 0.790. The minimum atomic E-state index is -0.178. The van der Waals surface area contributed by atoms with Crippen LogP contribution in [0.4, 0.5) is 0 Å². The second-order valence-electron chi connectivity index (χ2n) is 2.55. The van der Waals surface area contributed by atoms with Crippen LogP contribution in [0, 0.1) is 3.57 Å². The third-order valence-electron chi connectivity index (χ3n) is 1.50. The molecule has 0 unspecified atom stereocenters. The van der Waals surface area contributed by atoms with Crippen molar-refractivity contribution in [3.05, 3.63) is 20.3 Å². The zero-order valence-corrected chi connectivity index (χ0v) is 9.91. The Labute approximate surface area is 95.0 Å². The highest BCUT2D eigenvalue weighted by atomic mass is 127. The lowest BCUT2D eigenvalue weighted by molar-refractivity contribution is 0.170. The lowest BCUT2D eigenvalue weighted by Crippen LogP contribution is -2.13. The molecule has 1 heterocycles. The molecule has 0 atom stereocenters. The lowest BCUT2D eigenvalue weighted by Gasteiger charge is -2.04. The highest BCUT2D eigenvalue weighted by molar-refractivity contribution is 14.1. The van der Waals surface area contributed by atoms with E-state index in [1.54, 1.807) is 7.11 Å². The van der Waals surface area contributed by atoms with Crippen molar-refractivity contribution in [1.29, 1.82) is 0 Å². The normalized spacial score (nSPS) is 10.1. The summed E-state index contributed by atoms with van der Waals surface area (Å²) >= 11 is 1.90. The summed E-state index contributed by atoms with van der Waals surface area (Å²) in [6.45, 7) is 1.14. The Balaban J connectivity index is 2.51. The van der Waals surface area contributed by atoms with Gasteiger partial charge in [-0.1, -0.05) is 0 Å². The molecule has 0 fully saturated rings. The molecule has 0 aliphatic rings. The van der Waals surface area contributed by atoms with Gasteiger partial charge in [0.15, 0.2) is 0 Å². The van der Waals surface area contributed by atoms with Crippen LogP contribution >= 0.6 is 22.6 Å². The first kappa shape index (κ1) is 11.4. The smallest absolute Gasteiger partial charge is 0.268 e. The minimum Gasteiger partial charge on any atom is -0.477 e. The number of nitrogens with zero attached hydrogens (tertiary/aromatic N) is 1. The third-order valence-corrected chi connectivity index (χ3v) is 2.45. The predicted molar refractivity (Wildman–Crippen MR) is 59.6 cm³/mol. The number of hydrogen-bond acceptors (Lipinski definition) is 4. The van der Waals surface area contributed by atoms with Crippen molar-refractivity contribution in [2.24, 2.45) is 0 Å². The molecule has 0 aliphatic heterocycles. The standard InChI is InChI=1S/C8H11IN2O3/c1-13-3-2-4-14-8-6(9)7(12)10-5-11-8/h5H,2-4H2,1H3,(H,10,11,12). The molecule has 0 spiro atoms. The molecule has 1 rings (SSSR count). The van der Waals surface area contributed by atoms with Crippen LogP contribution in [-0.4, -0.2) is 30.3 Å². The van der Waals surface area contributed by atoms with Crippen molar-refractivity contribution in [2.75, 3.05) is 20.3 Å². The number of rotatable bonds is 5. The van der Waals surface area contributed by atoms with Crippen molar-refractivity contribution in [3.63, 3.8) is 0 Å². The molecule has 78 valence electrons. The molecule has 0 amide bonds. The van der Waals surface area contributed by atoms with Gasteiger partial charge in [0.1, 0.15) is 3.57 Å². The van der Waals surface area contributed by atoms with Crippen molar-refractivity contribution in [2.45, 2.75) is 6.42 Å². The van der Waals surface area contributed by atoms with Crippen LogP contribution in [0.2, 0.25) is 0 Å². The number of H-pyrrole nitrogens is 1. The monoisotopic (exact) mass is 310 g/mol. The summed E-state index contributed by atoms with van der Waals surface area (Å²) in [7, 11) is 1.63. The number of halogens is 1. The number of hydrogen-bond donors (Lipinski definition) is 1. The SMILES string of the molecule is COCCCOc1nc[nH]c(=O)c1I. The van der Waals surface area contributed by atoms with Gasteiger partial charge in [-0.15, -0.1) is 0 Å². The lowest BCUT2D eigenvalue weighted by atomic mass is 10.5. The maximum Gasteiger partial charge on any atom is 0.268 e. The van der Waals surface area contributed by atoms with Gasteiger partial charge in [-0.2, -0.15) is 0 Å². The molecule has 5 nitrogen and oxygen atoms in total. The van der Waals surface area contributed by atoms with Gasteiger partial charge in [0.05, 0.1) is 12.9 Å². The van der Waals surface area contributed by atoms with E-state index in [1.807, 2.05) is 22.6 Å². The fourth-order valence-corrected chi connectivity index (χ4v) is 1.29. The Morgan fingerprint density at radius 1 is 1.57 bits per heavy atom. The number of nitrogens with one attached hydrogen (secondary N) is 1. The van der Waals surface area contributed by atoms with Crippen molar-refractivity contribution in [1.82, 2.24) is 9.97 Å². The summed E-state index contributed by atoms with van der Waals surface area (Å²) < 4.78 is 10.6. The summed E-state index contributed by atoms with van der Waals surface area (Å²) in [6.07, 6.45) is 2.11. The molecule has 1 aromatic rings. The molecule has 1 N–H and O–H groups in total. The topological polar surface area (TPSA) is 64.2 Å². The summed E-state index contributed by atoms with van der Waals surface area (Å²) in [4.78, 5) is 17.5. The highest BCUT2D eigenvalue weighted by Gasteiger charge is 2.05. The molecule has 0 saturated carbocycles. The third kappa shape index (κ3) is 3.26. The molecule has 0 aromatic carbocycles. The summed E-state index contributed by atoms with van der Waals surface area (Å²) in [5.74, 6) is 0.380. The summed E-state index contributed by atoms with van der Waals surface area (Å²) in [5.41, 5.74) is -0.178. The second-order valence-corrected chi connectivity index (χ2v) is 3.62. The molecule has 1 aromatic heterocycles. The van der Waals surface area contributed by atoms with E-state index in [0.717, 1.165) is 6.42 Å². The zero-order valence-electron chi connectivity index (χ0n) is 7.75. The average molecular weight is 310 g/mol. The Kier molecular flexibility index (Phi) is 4.88. The van der Waals surface area contributed by atoms with E-state index in [0.29, 0.717) is 22.7 Å². The molecular formula is C8H11IN2O3. The van der Waals surface area contributed by atoms with Crippen LogP contribution in [0.15, 0.2) is 11.1 Å². The summed E-state index contributed by atoms with van der Waals surface area (Å²) in [5, 5.41) is 0.